The Balaban J connectivity index is 2.08. The number of nitrogen functional groups attached to an aromatic ring is 1. The normalized spacial score (nSPS) is 11.6. The first-order valence-corrected chi connectivity index (χ1v) is 7.19. The second kappa shape index (κ2) is 5.24. The maximum Gasteiger partial charge on any atom is 0.242 e. The van der Waals surface area contributed by atoms with Gasteiger partial charge in [-0.05, 0) is 27.7 Å². The first-order valence-electron chi connectivity index (χ1n) is 6.31. The third-order valence-electron chi connectivity index (χ3n) is 3.15. The van der Waals surface area contributed by atoms with Gasteiger partial charge < -0.3 is 11.1 Å². The highest BCUT2D eigenvalue weighted by atomic mass is 32.1. The van der Waals surface area contributed by atoms with Crippen LogP contribution in [0.3, 0.4) is 0 Å². The SMILES string of the molecule is Cc1nn(CC(=O)NC(C)(C)c2nccs2)c(C)c1N. The number of carbonyl (C=O) groups excluding carboxylic acids is 1. The van der Waals surface area contributed by atoms with Crippen LogP contribution < -0.4 is 11.1 Å². The van der Waals surface area contributed by atoms with E-state index in [1.165, 1.54) is 11.3 Å². The van der Waals surface area contributed by atoms with Crippen LogP contribution in [0.25, 0.3) is 0 Å². The molecule has 0 spiro atoms. The lowest BCUT2D eigenvalue weighted by atomic mass is 10.1. The van der Waals surface area contributed by atoms with Crippen molar-refractivity contribution in [2.45, 2.75) is 39.8 Å². The molecule has 0 saturated heterocycles. The molecule has 108 valence electrons. The number of thiazole rings is 1. The Labute approximate surface area is 122 Å². The molecule has 2 rings (SSSR count). The van der Waals surface area contributed by atoms with Crippen molar-refractivity contribution in [3.05, 3.63) is 28.0 Å². The predicted octanol–water partition coefficient (Wildman–Crippen LogP) is 1.59. The number of nitrogens with zero attached hydrogens (tertiary/aromatic N) is 3. The highest BCUT2D eigenvalue weighted by molar-refractivity contribution is 7.09. The number of aryl methyl sites for hydroxylation is 1. The van der Waals surface area contributed by atoms with Crippen molar-refractivity contribution >= 4 is 22.9 Å². The zero-order chi connectivity index (χ0) is 14.9. The fraction of sp³-hybridized carbons (Fsp3) is 0.462. The van der Waals surface area contributed by atoms with Crippen molar-refractivity contribution < 1.29 is 4.79 Å². The Kier molecular flexibility index (Phi) is 3.80. The molecule has 0 aliphatic carbocycles. The number of anilines is 1. The fourth-order valence-corrected chi connectivity index (χ4v) is 2.69. The highest BCUT2D eigenvalue weighted by Crippen LogP contribution is 2.22. The van der Waals surface area contributed by atoms with Crippen molar-refractivity contribution in [1.29, 1.82) is 0 Å². The van der Waals surface area contributed by atoms with Gasteiger partial charge >= 0.3 is 0 Å². The van der Waals surface area contributed by atoms with Gasteiger partial charge in [0, 0.05) is 11.6 Å². The lowest BCUT2D eigenvalue weighted by Gasteiger charge is -2.23. The average molecular weight is 293 g/mol. The summed E-state index contributed by atoms with van der Waals surface area (Å²) in [5.41, 5.74) is 7.56. The van der Waals surface area contributed by atoms with Crippen molar-refractivity contribution in [1.82, 2.24) is 20.1 Å². The second-order valence-corrected chi connectivity index (χ2v) is 6.15. The smallest absolute Gasteiger partial charge is 0.242 e. The van der Waals surface area contributed by atoms with E-state index < -0.39 is 5.54 Å². The molecule has 0 bridgehead atoms. The van der Waals surface area contributed by atoms with Crippen LogP contribution in [0.1, 0.15) is 30.2 Å². The number of carbonyl (C=O) groups is 1. The summed E-state index contributed by atoms with van der Waals surface area (Å²) in [6, 6.07) is 0. The lowest BCUT2D eigenvalue weighted by Crippen LogP contribution is -2.42. The molecule has 0 aromatic carbocycles. The largest absolute Gasteiger partial charge is 0.396 e. The molecule has 0 atom stereocenters. The molecule has 1 amide bonds. The summed E-state index contributed by atoms with van der Waals surface area (Å²) >= 11 is 1.52. The summed E-state index contributed by atoms with van der Waals surface area (Å²) in [5, 5.41) is 10.00. The van der Waals surface area contributed by atoms with E-state index in [2.05, 4.69) is 15.4 Å². The monoisotopic (exact) mass is 293 g/mol. The van der Waals surface area contributed by atoms with E-state index in [9.17, 15) is 4.79 Å². The Morgan fingerprint density at radius 1 is 1.50 bits per heavy atom. The second-order valence-electron chi connectivity index (χ2n) is 5.25. The summed E-state index contributed by atoms with van der Waals surface area (Å²) < 4.78 is 1.62. The van der Waals surface area contributed by atoms with E-state index in [1.54, 1.807) is 10.9 Å². The van der Waals surface area contributed by atoms with Crippen molar-refractivity contribution in [2.75, 3.05) is 5.73 Å². The van der Waals surface area contributed by atoms with Crippen LogP contribution >= 0.6 is 11.3 Å². The van der Waals surface area contributed by atoms with Crippen LogP contribution in [-0.4, -0.2) is 20.7 Å². The van der Waals surface area contributed by atoms with E-state index in [0.29, 0.717) is 5.69 Å². The maximum atomic E-state index is 12.2. The summed E-state index contributed by atoms with van der Waals surface area (Å²) in [7, 11) is 0. The zero-order valence-electron chi connectivity index (χ0n) is 12.1. The number of aromatic nitrogens is 3. The zero-order valence-corrected chi connectivity index (χ0v) is 12.9. The quantitative estimate of drug-likeness (QED) is 0.896. The Bertz CT molecular complexity index is 615. The van der Waals surface area contributed by atoms with Gasteiger partial charge in [-0.15, -0.1) is 11.3 Å². The first-order chi connectivity index (χ1) is 9.31. The van der Waals surface area contributed by atoms with Gasteiger partial charge in [-0.25, -0.2) is 4.98 Å². The van der Waals surface area contributed by atoms with Gasteiger partial charge in [0.15, 0.2) is 0 Å². The number of nitrogens with two attached hydrogens (primary N) is 1. The van der Waals surface area contributed by atoms with Gasteiger partial charge in [0.05, 0.1) is 22.6 Å². The third kappa shape index (κ3) is 2.82. The van der Waals surface area contributed by atoms with Gasteiger partial charge in [-0.2, -0.15) is 5.10 Å². The van der Waals surface area contributed by atoms with Gasteiger partial charge in [0.25, 0.3) is 0 Å². The fourth-order valence-electron chi connectivity index (χ4n) is 1.97. The van der Waals surface area contributed by atoms with Crippen LogP contribution in [0, 0.1) is 13.8 Å². The van der Waals surface area contributed by atoms with E-state index in [1.807, 2.05) is 33.1 Å². The summed E-state index contributed by atoms with van der Waals surface area (Å²) in [4.78, 5) is 16.4. The van der Waals surface area contributed by atoms with Crippen molar-refractivity contribution in [3.63, 3.8) is 0 Å². The van der Waals surface area contributed by atoms with Crippen molar-refractivity contribution in [3.8, 4) is 0 Å². The molecule has 20 heavy (non-hydrogen) atoms. The molecule has 0 aliphatic heterocycles. The number of hydrogen-bond donors (Lipinski definition) is 2. The molecule has 7 heteroatoms. The topological polar surface area (TPSA) is 85.8 Å². The van der Waals surface area contributed by atoms with Gasteiger partial charge in [-0.1, -0.05) is 0 Å². The number of nitrogens with one attached hydrogen (secondary N) is 1. The predicted molar refractivity (Wildman–Crippen MR) is 79.4 cm³/mol. The highest BCUT2D eigenvalue weighted by Gasteiger charge is 2.25. The first kappa shape index (κ1) is 14.5. The Hall–Kier alpha value is -1.89. The van der Waals surface area contributed by atoms with Crippen molar-refractivity contribution in [2.24, 2.45) is 0 Å². The van der Waals surface area contributed by atoms with E-state index >= 15 is 0 Å². The molecule has 0 aliphatic rings. The molecular weight excluding hydrogens is 274 g/mol. The molecule has 2 heterocycles. The molecule has 0 unspecified atom stereocenters. The van der Waals surface area contributed by atoms with Crippen LogP contribution in [0.15, 0.2) is 11.6 Å². The van der Waals surface area contributed by atoms with Gasteiger partial charge in [-0.3, -0.25) is 9.48 Å². The molecule has 6 nitrogen and oxygen atoms in total. The lowest BCUT2D eigenvalue weighted by molar-refractivity contribution is -0.123. The summed E-state index contributed by atoms with van der Waals surface area (Å²) in [6.07, 6.45) is 1.73. The van der Waals surface area contributed by atoms with Crippen LogP contribution in [0.2, 0.25) is 0 Å². The summed E-state index contributed by atoms with van der Waals surface area (Å²) in [6.45, 7) is 7.70. The minimum Gasteiger partial charge on any atom is -0.396 e. The summed E-state index contributed by atoms with van der Waals surface area (Å²) in [5.74, 6) is -0.115. The molecule has 0 fully saturated rings. The van der Waals surface area contributed by atoms with Crippen LogP contribution in [0.4, 0.5) is 5.69 Å². The number of amides is 1. The Morgan fingerprint density at radius 3 is 2.70 bits per heavy atom. The van der Waals surface area contributed by atoms with Crippen LogP contribution in [0.5, 0.6) is 0 Å². The average Bonchev–Trinajstić information content (AvgIpc) is 2.96. The minimum absolute atomic E-state index is 0.115. The van der Waals surface area contributed by atoms with E-state index in [0.717, 1.165) is 16.4 Å². The van der Waals surface area contributed by atoms with Gasteiger partial charge in [0.2, 0.25) is 5.91 Å². The van der Waals surface area contributed by atoms with E-state index in [-0.39, 0.29) is 12.5 Å². The molecule has 0 saturated carbocycles. The van der Waals surface area contributed by atoms with Crippen LogP contribution in [-0.2, 0) is 16.9 Å². The maximum absolute atomic E-state index is 12.2. The standard InChI is InChI=1S/C13H19N5OS/c1-8-11(14)9(2)18(17-8)7-10(19)16-13(3,4)12-15-5-6-20-12/h5-6H,7,14H2,1-4H3,(H,16,19). The third-order valence-corrected chi connectivity index (χ3v) is 4.25. The number of rotatable bonds is 4. The van der Waals surface area contributed by atoms with E-state index in [4.69, 9.17) is 5.73 Å². The minimum atomic E-state index is -0.493. The molecule has 2 aromatic rings. The molecule has 0 radical (unpaired) electrons. The molecule has 2 aromatic heterocycles. The molecule has 3 N–H and O–H groups in total. The number of hydrogen-bond acceptors (Lipinski definition) is 5. The molecular formula is C13H19N5OS. The Morgan fingerprint density at radius 2 is 2.20 bits per heavy atom. The van der Waals surface area contributed by atoms with Gasteiger partial charge in [0.1, 0.15) is 11.6 Å².